The van der Waals surface area contributed by atoms with Gasteiger partial charge in [-0.15, -0.1) is 0 Å². The number of nitrogens with zero attached hydrogens (tertiary/aromatic N) is 3. The van der Waals surface area contributed by atoms with Gasteiger partial charge in [0.25, 0.3) is 5.91 Å². The molecule has 1 N–H and O–H groups in total. The van der Waals surface area contributed by atoms with E-state index in [0.717, 1.165) is 71.4 Å². The fraction of sp³-hybridized carbons (Fsp3) is 0.548. The first-order valence-electron chi connectivity index (χ1n) is 14.0. The molecule has 0 bridgehead atoms. The third-order valence-electron chi connectivity index (χ3n) is 9.18. The summed E-state index contributed by atoms with van der Waals surface area (Å²) in [6.07, 6.45) is 2.24. The standard InChI is InChI=1S/C31H36F3N3O2/c1-29(39,31(32,33)34)25-9-7-24(8-10-25)28(38)37(26-11-12-26)27-15-19-36(20-16-27)30(21-35)17-13-23(14-18-30)22-5-3-2-4-6-22/h2-10,23,26-27,39H,11-20H2,1H3/t23?,29-,30?/m0/s1. The van der Waals surface area contributed by atoms with Gasteiger partial charge in [0.05, 0.1) is 6.07 Å². The van der Waals surface area contributed by atoms with Crippen molar-refractivity contribution >= 4 is 5.91 Å². The molecule has 1 amide bonds. The van der Waals surface area contributed by atoms with E-state index in [1.807, 2.05) is 11.0 Å². The molecule has 0 unspecified atom stereocenters. The first-order chi connectivity index (χ1) is 18.6. The van der Waals surface area contributed by atoms with Gasteiger partial charge in [-0.1, -0.05) is 42.5 Å². The summed E-state index contributed by atoms with van der Waals surface area (Å²) in [7, 11) is 0. The number of benzene rings is 2. The van der Waals surface area contributed by atoms with Crippen LogP contribution in [0, 0.1) is 11.3 Å². The molecule has 5 rings (SSSR count). The topological polar surface area (TPSA) is 67.6 Å². The quantitative estimate of drug-likeness (QED) is 0.479. The van der Waals surface area contributed by atoms with Gasteiger partial charge in [-0.3, -0.25) is 9.69 Å². The van der Waals surface area contributed by atoms with Crippen molar-refractivity contribution in [3.8, 4) is 6.07 Å². The van der Waals surface area contributed by atoms with Crippen molar-refractivity contribution < 1.29 is 23.1 Å². The molecular formula is C31H36F3N3O2. The molecular weight excluding hydrogens is 503 g/mol. The van der Waals surface area contributed by atoms with Gasteiger partial charge in [-0.05, 0) is 87.5 Å². The van der Waals surface area contributed by atoms with Crippen LogP contribution >= 0.6 is 0 Å². The maximum Gasteiger partial charge on any atom is 0.421 e. The second-order valence-electron chi connectivity index (χ2n) is 11.6. The number of hydrogen-bond donors (Lipinski definition) is 1. The van der Waals surface area contributed by atoms with Crippen LogP contribution in [0.3, 0.4) is 0 Å². The van der Waals surface area contributed by atoms with E-state index in [-0.39, 0.29) is 23.6 Å². The highest BCUT2D eigenvalue weighted by atomic mass is 19.4. The number of alkyl halides is 3. The van der Waals surface area contributed by atoms with Gasteiger partial charge in [-0.25, -0.2) is 0 Å². The molecule has 2 saturated carbocycles. The van der Waals surface area contributed by atoms with Crippen molar-refractivity contribution in [3.05, 3.63) is 71.3 Å². The summed E-state index contributed by atoms with van der Waals surface area (Å²) < 4.78 is 39.7. The van der Waals surface area contributed by atoms with E-state index >= 15 is 0 Å². The molecule has 0 spiro atoms. The Bertz CT molecular complexity index is 1190. The minimum Gasteiger partial charge on any atom is -0.376 e. The average Bonchev–Trinajstić information content (AvgIpc) is 3.79. The molecule has 3 fully saturated rings. The maximum absolute atomic E-state index is 13.5. The number of halogens is 3. The predicted molar refractivity (Wildman–Crippen MR) is 142 cm³/mol. The smallest absolute Gasteiger partial charge is 0.376 e. The van der Waals surface area contributed by atoms with Crippen LogP contribution in [0.4, 0.5) is 13.2 Å². The van der Waals surface area contributed by atoms with Crippen LogP contribution in [0.15, 0.2) is 54.6 Å². The Morgan fingerprint density at radius 2 is 1.51 bits per heavy atom. The summed E-state index contributed by atoms with van der Waals surface area (Å²) in [5.74, 6) is 0.312. The molecule has 5 nitrogen and oxygen atoms in total. The first-order valence-corrected chi connectivity index (χ1v) is 14.0. The fourth-order valence-corrected chi connectivity index (χ4v) is 6.46. The number of piperidine rings is 1. The molecule has 1 aliphatic heterocycles. The Hall–Kier alpha value is -2.89. The Morgan fingerprint density at radius 1 is 0.949 bits per heavy atom. The second-order valence-corrected chi connectivity index (χ2v) is 11.6. The van der Waals surface area contributed by atoms with Crippen LogP contribution in [0.25, 0.3) is 0 Å². The molecule has 2 aliphatic carbocycles. The Balaban J connectivity index is 1.23. The van der Waals surface area contributed by atoms with Crippen molar-refractivity contribution in [2.24, 2.45) is 0 Å². The van der Waals surface area contributed by atoms with Crippen LogP contribution in [0.2, 0.25) is 0 Å². The molecule has 0 aromatic heterocycles. The fourth-order valence-electron chi connectivity index (χ4n) is 6.46. The van der Waals surface area contributed by atoms with Crippen molar-refractivity contribution in [2.75, 3.05) is 13.1 Å². The van der Waals surface area contributed by atoms with Gasteiger partial charge in [0.2, 0.25) is 0 Å². The lowest BCUT2D eigenvalue weighted by Gasteiger charge is -2.47. The molecule has 1 atom stereocenters. The van der Waals surface area contributed by atoms with Crippen LogP contribution in [-0.4, -0.2) is 57.7 Å². The lowest BCUT2D eigenvalue weighted by molar-refractivity contribution is -0.258. The minimum atomic E-state index is -4.81. The number of rotatable bonds is 6. The summed E-state index contributed by atoms with van der Waals surface area (Å²) in [5.41, 5.74) is -2.05. The van der Waals surface area contributed by atoms with Gasteiger partial charge in [0, 0.05) is 30.7 Å². The molecule has 1 saturated heterocycles. The normalized spacial score (nSPS) is 26.4. The van der Waals surface area contributed by atoms with E-state index in [0.29, 0.717) is 11.5 Å². The molecule has 208 valence electrons. The molecule has 0 radical (unpaired) electrons. The summed E-state index contributed by atoms with van der Waals surface area (Å²) in [6.45, 7) is 2.21. The maximum atomic E-state index is 13.5. The van der Waals surface area contributed by atoms with E-state index in [9.17, 15) is 28.3 Å². The van der Waals surface area contributed by atoms with Crippen molar-refractivity contribution in [2.45, 2.75) is 93.6 Å². The highest BCUT2D eigenvalue weighted by Gasteiger charge is 2.51. The second kappa shape index (κ2) is 10.6. The molecule has 39 heavy (non-hydrogen) atoms. The monoisotopic (exact) mass is 539 g/mol. The molecule has 3 aliphatic rings. The molecule has 2 aromatic rings. The van der Waals surface area contributed by atoms with Crippen LogP contribution < -0.4 is 0 Å². The third kappa shape index (κ3) is 5.44. The SMILES string of the molecule is C[C@](O)(c1ccc(C(=O)N(C2CC2)C2CCN(C3(C#N)CCC(c4ccccc4)CC3)CC2)cc1)C(F)(F)F. The van der Waals surface area contributed by atoms with Gasteiger partial charge < -0.3 is 10.0 Å². The van der Waals surface area contributed by atoms with E-state index in [4.69, 9.17) is 0 Å². The van der Waals surface area contributed by atoms with E-state index in [2.05, 4.69) is 35.2 Å². The number of likely N-dealkylation sites (tertiary alicyclic amines) is 1. The third-order valence-corrected chi connectivity index (χ3v) is 9.18. The van der Waals surface area contributed by atoms with Gasteiger partial charge >= 0.3 is 6.18 Å². The highest BCUT2D eigenvalue weighted by molar-refractivity contribution is 5.95. The number of hydrogen-bond acceptors (Lipinski definition) is 4. The molecule has 2 aromatic carbocycles. The summed E-state index contributed by atoms with van der Waals surface area (Å²) in [5, 5.41) is 20.2. The zero-order chi connectivity index (χ0) is 27.8. The van der Waals surface area contributed by atoms with Crippen molar-refractivity contribution in [3.63, 3.8) is 0 Å². The first kappa shape index (κ1) is 27.7. The lowest BCUT2D eigenvalue weighted by atomic mass is 9.73. The Morgan fingerprint density at radius 3 is 2.03 bits per heavy atom. The van der Waals surface area contributed by atoms with E-state index in [1.54, 1.807) is 0 Å². The zero-order valence-corrected chi connectivity index (χ0v) is 22.3. The number of aliphatic hydroxyl groups is 1. The summed E-state index contributed by atoms with van der Waals surface area (Å²) >= 11 is 0. The summed E-state index contributed by atoms with van der Waals surface area (Å²) in [4.78, 5) is 17.8. The number of carbonyl (C=O) groups excluding carboxylic acids is 1. The van der Waals surface area contributed by atoms with Crippen LogP contribution in [0.5, 0.6) is 0 Å². The number of amides is 1. The minimum absolute atomic E-state index is 0.0376. The van der Waals surface area contributed by atoms with Crippen molar-refractivity contribution in [1.82, 2.24) is 9.80 Å². The Labute approximate surface area is 228 Å². The zero-order valence-electron chi connectivity index (χ0n) is 22.3. The lowest BCUT2D eigenvalue weighted by Crippen LogP contribution is -2.56. The highest BCUT2D eigenvalue weighted by Crippen LogP contribution is 2.43. The van der Waals surface area contributed by atoms with Crippen molar-refractivity contribution in [1.29, 1.82) is 5.26 Å². The predicted octanol–water partition coefficient (Wildman–Crippen LogP) is 6.15. The largest absolute Gasteiger partial charge is 0.421 e. The van der Waals surface area contributed by atoms with Gasteiger partial charge in [0.15, 0.2) is 5.60 Å². The molecule has 8 heteroatoms. The average molecular weight is 540 g/mol. The van der Waals surface area contributed by atoms with E-state index in [1.165, 1.54) is 29.8 Å². The summed E-state index contributed by atoms with van der Waals surface area (Å²) in [6, 6.07) is 18.5. The Kier molecular flexibility index (Phi) is 7.51. The number of nitriles is 1. The van der Waals surface area contributed by atoms with Gasteiger partial charge in [-0.2, -0.15) is 18.4 Å². The molecule has 1 heterocycles. The number of carbonyl (C=O) groups is 1. The van der Waals surface area contributed by atoms with Crippen LogP contribution in [-0.2, 0) is 5.60 Å². The van der Waals surface area contributed by atoms with Gasteiger partial charge in [0.1, 0.15) is 5.54 Å². The van der Waals surface area contributed by atoms with Crippen LogP contribution in [0.1, 0.15) is 85.7 Å². The van der Waals surface area contributed by atoms with E-state index < -0.39 is 17.3 Å².